The average Bonchev–Trinajstić information content (AvgIpc) is 2.84. The maximum Gasteiger partial charge on any atom is 0.125 e. The van der Waals surface area contributed by atoms with Gasteiger partial charge in [0.2, 0.25) is 0 Å². The van der Waals surface area contributed by atoms with Crippen LogP contribution in [-0.4, -0.2) is 11.7 Å². The van der Waals surface area contributed by atoms with Crippen LogP contribution in [-0.2, 0) is 5.60 Å². The summed E-state index contributed by atoms with van der Waals surface area (Å²) >= 11 is 1.62. The van der Waals surface area contributed by atoms with Crippen LogP contribution >= 0.6 is 11.3 Å². The third-order valence-corrected chi connectivity index (χ3v) is 4.30. The number of benzene rings is 1. The van der Waals surface area contributed by atoms with Gasteiger partial charge in [-0.3, -0.25) is 0 Å². The van der Waals surface area contributed by atoms with Gasteiger partial charge < -0.3 is 9.84 Å². The smallest absolute Gasteiger partial charge is 0.125 e. The number of thiophene rings is 1. The Morgan fingerprint density at radius 3 is 2.58 bits per heavy atom. The van der Waals surface area contributed by atoms with E-state index in [1.54, 1.807) is 11.3 Å². The van der Waals surface area contributed by atoms with Crippen LogP contribution in [0.15, 0.2) is 36.4 Å². The van der Waals surface area contributed by atoms with Crippen LogP contribution in [0.1, 0.15) is 35.6 Å². The highest BCUT2D eigenvalue weighted by molar-refractivity contribution is 7.12. The van der Waals surface area contributed by atoms with Crippen LogP contribution in [0.5, 0.6) is 5.75 Å². The molecule has 1 N–H and O–H groups in total. The highest BCUT2D eigenvalue weighted by atomic mass is 32.1. The minimum atomic E-state index is -1.01. The zero-order chi connectivity index (χ0) is 13.9. The molecule has 1 unspecified atom stereocenters. The van der Waals surface area contributed by atoms with Gasteiger partial charge in [-0.25, -0.2) is 0 Å². The summed E-state index contributed by atoms with van der Waals surface area (Å²) < 4.78 is 5.75. The Morgan fingerprint density at radius 1 is 1.21 bits per heavy atom. The summed E-state index contributed by atoms with van der Waals surface area (Å²) in [6.07, 6.45) is 0.953. The second-order valence-corrected chi connectivity index (χ2v) is 6.12. The zero-order valence-electron chi connectivity index (χ0n) is 11.6. The molecule has 0 saturated carbocycles. The van der Waals surface area contributed by atoms with E-state index in [0.29, 0.717) is 6.61 Å². The molecule has 0 aliphatic carbocycles. The summed E-state index contributed by atoms with van der Waals surface area (Å²) in [7, 11) is 0. The molecule has 0 spiro atoms. The van der Waals surface area contributed by atoms with Crippen molar-refractivity contribution in [3.63, 3.8) is 0 Å². The molecule has 0 radical (unpaired) electrons. The van der Waals surface area contributed by atoms with Crippen LogP contribution < -0.4 is 4.74 Å². The molecule has 0 aliphatic rings. The van der Waals surface area contributed by atoms with Gasteiger partial charge in [-0.2, -0.15) is 0 Å². The Bertz CT molecular complexity index is 543. The maximum atomic E-state index is 10.9. The molecule has 102 valence electrons. The Kier molecular flexibility index (Phi) is 4.27. The van der Waals surface area contributed by atoms with Gasteiger partial charge in [-0.05, 0) is 38.5 Å². The molecular weight excluding hydrogens is 256 g/mol. The monoisotopic (exact) mass is 276 g/mol. The lowest BCUT2D eigenvalue weighted by molar-refractivity contribution is 0.102. The Balaban J connectivity index is 2.39. The number of ether oxygens (including phenoxy) is 1. The summed E-state index contributed by atoms with van der Waals surface area (Å²) in [4.78, 5) is 2.14. The quantitative estimate of drug-likeness (QED) is 0.891. The van der Waals surface area contributed by atoms with Crippen molar-refractivity contribution in [1.29, 1.82) is 0 Å². The topological polar surface area (TPSA) is 29.5 Å². The minimum Gasteiger partial charge on any atom is -0.493 e. The van der Waals surface area contributed by atoms with Crippen LogP contribution in [0.2, 0.25) is 0 Å². The summed E-state index contributed by atoms with van der Waals surface area (Å²) in [5, 5.41) is 10.9. The van der Waals surface area contributed by atoms with Crippen molar-refractivity contribution in [2.24, 2.45) is 0 Å². The molecule has 0 amide bonds. The maximum absolute atomic E-state index is 10.9. The standard InChI is InChI=1S/C16H20O2S/c1-4-11-18-14-8-6-5-7-13(14)16(3,17)15-10-9-12(2)19-15/h5-10,17H,4,11H2,1-3H3. The fraction of sp³-hybridized carbons (Fsp3) is 0.375. The van der Waals surface area contributed by atoms with Crippen molar-refractivity contribution in [3.05, 3.63) is 51.7 Å². The van der Waals surface area contributed by atoms with Crippen molar-refractivity contribution in [1.82, 2.24) is 0 Å². The van der Waals surface area contributed by atoms with Gasteiger partial charge in [0.25, 0.3) is 0 Å². The normalized spacial score (nSPS) is 14.1. The zero-order valence-corrected chi connectivity index (χ0v) is 12.5. The first-order valence-corrected chi connectivity index (χ1v) is 7.39. The average molecular weight is 276 g/mol. The number of para-hydroxylation sites is 1. The highest BCUT2D eigenvalue weighted by Crippen LogP contribution is 2.38. The van der Waals surface area contributed by atoms with Crippen LogP contribution in [0.25, 0.3) is 0 Å². The first-order chi connectivity index (χ1) is 9.05. The fourth-order valence-corrected chi connectivity index (χ4v) is 2.96. The van der Waals surface area contributed by atoms with E-state index in [9.17, 15) is 5.11 Å². The van der Waals surface area contributed by atoms with Gasteiger partial charge >= 0.3 is 0 Å². The van der Waals surface area contributed by atoms with Crippen molar-refractivity contribution < 1.29 is 9.84 Å². The van der Waals surface area contributed by atoms with E-state index in [4.69, 9.17) is 4.74 Å². The van der Waals surface area contributed by atoms with Gasteiger partial charge in [0.15, 0.2) is 0 Å². The van der Waals surface area contributed by atoms with Gasteiger partial charge in [-0.15, -0.1) is 11.3 Å². The molecule has 0 saturated heterocycles. The third kappa shape index (κ3) is 2.99. The third-order valence-electron chi connectivity index (χ3n) is 3.09. The molecule has 19 heavy (non-hydrogen) atoms. The van der Waals surface area contributed by atoms with E-state index in [1.165, 1.54) is 4.88 Å². The molecule has 3 heteroatoms. The molecule has 2 rings (SSSR count). The van der Waals surface area contributed by atoms with E-state index in [0.717, 1.165) is 22.6 Å². The SMILES string of the molecule is CCCOc1ccccc1C(C)(O)c1ccc(C)s1. The molecule has 2 nitrogen and oxygen atoms in total. The summed E-state index contributed by atoms with van der Waals surface area (Å²) in [6, 6.07) is 11.7. The summed E-state index contributed by atoms with van der Waals surface area (Å²) in [5.74, 6) is 0.764. The molecule has 0 fully saturated rings. The van der Waals surface area contributed by atoms with Gasteiger partial charge in [0.05, 0.1) is 6.61 Å². The molecule has 1 aromatic heterocycles. The van der Waals surface area contributed by atoms with Crippen molar-refractivity contribution >= 4 is 11.3 Å². The van der Waals surface area contributed by atoms with Gasteiger partial charge in [0.1, 0.15) is 11.4 Å². The second-order valence-electron chi connectivity index (χ2n) is 4.83. The number of aliphatic hydroxyl groups is 1. The lowest BCUT2D eigenvalue weighted by atomic mass is 9.93. The van der Waals surface area contributed by atoms with Gasteiger partial charge in [0, 0.05) is 15.3 Å². The van der Waals surface area contributed by atoms with E-state index in [-0.39, 0.29) is 0 Å². The van der Waals surface area contributed by atoms with Crippen molar-refractivity contribution in [2.75, 3.05) is 6.61 Å². The first kappa shape index (κ1) is 14.1. The van der Waals surface area contributed by atoms with E-state index in [2.05, 4.69) is 6.92 Å². The highest BCUT2D eigenvalue weighted by Gasteiger charge is 2.30. The molecule has 0 bridgehead atoms. The van der Waals surface area contributed by atoms with Crippen molar-refractivity contribution in [3.8, 4) is 5.75 Å². The number of rotatable bonds is 5. The number of hydrogen-bond donors (Lipinski definition) is 1. The molecule has 0 aliphatic heterocycles. The second kappa shape index (κ2) is 5.76. The van der Waals surface area contributed by atoms with Gasteiger partial charge in [-0.1, -0.05) is 25.1 Å². The van der Waals surface area contributed by atoms with Crippen molar-refractivity contribution in [2.45, 2.75) is 32.8 Å². The summed E-state index contributed by atoms with van der Waals surface area (Å²) in [5.41, 5.74) is -0.186. The van der Waals surface area contributed by atoms with E-state index in [1.807, 2.05) is 50.2 Å². The Hall–Kier alpha value is -1.32. The summed E-state index contributed by atoms with van der Waals surface area (Å²) in [6.45, 7) is 6.61. The number of hydrogen-bond acceptors (Lipinski definition) is 3. The van der Waals surface area contributed by atoms with Crippen LogP contribution in [0.4, 0.5) is 0 Å². The fourth-order valence-electron chi connectivity index (χ4n) is 2.04. The predicted octanol–water partition coefficient (Wildman–Crippen LogP) is 4.10. The first-order valence-electron chi connectivity index (χ1n) is 6.57. The Labute approximate surface area is 118 Å². The lowest BCUT2D eigenvalue weighted by Gasteiger charge is -2.25. The van der Waals surface area contributed by atoms with Crippen LogP contribution in [0.3, 0.4) is 0 Å². The molecule has 2 aromatic rings. The lowest BCUT2D eigenvalue weighted by Crippen LogP contribution is -2.22. The minimum absolute atomic E-state index is 0.663. The van der Waals surface area contributed by atoms with E-state index < -0.39 is 5.60 Å². The molecule has 1 heterocycles. The van der Waals surface area contributed by atoms with Crippen LogP contribution in [0, 0.1) is 6.92 Å². The predicted molar refractivity (Wildman–Crippen MR) is 80.0 cm³/mol. The Morgan fingerprint density at radius 2 is 1.95 bits per heavy atom. The molecule has 1 atom stereocenters. The molecular formula is C16H20O2S. The van der Waals surface area contributed by atoms with E-state index >= 15 is 0 Å². The molecule has 1 aromatic carbocycles. The largest absolute Gasteiger partial charge is 0.493 e. The number of aryl methyl sites for hydroxylation is 1.